The summed E-state index contributed by atoms with van der Waals surface area (Å²) in [6, 6.07) is 15.7. The van der Waals surface area contributed by atoms with Crippen LogP contribution in [0.2, 0.25) is 0 Å². The predicted molar refractivity (Wildman–Crippen MR) is 154 cm³/mol. The van der Waals surface area contributed by atoms with E-state index in [-0.39, 0.29) is 5.91 Å². The van der Waals surface area contributed by atoms with Gasteiger partial charge in [0.1, 0.15) is 5.75 Å². The van der Waals surface area contributed by atoms with Gasteiger partial charge in [0, 0.05) is 23.1 Å². The number of carbonyl (C=O) groups excluding carboxylic acids is 1. The Bertz CT molecular complexity index is 1030. The number of anilines is 3. The minimum atomic E-state index is 0.0932. The lowest BCUT2D eigenvalue weighted by Gasteiger charge is -2.08. The Labute approximate surface area is 220 Å². The summed E-state index contributed by atoms with van der Waals surface area (Å²) in [7, 11) is 1.66. The van der Waals surface area contributed by atoms with Crippen molar-refractivity contribution in [2.75, 3.05) is 17.7 Å². The van der Waals surface area contributed by atoms with E-state index in [1.165, 1.54) is 57.8 Å². The summed E-state index contributed by atoms with van der Waals surface area (Å²) in [4.78, 5) is 17.0. The van der Waals surface area contributed by atoms with Crippen LogP contribution < -0.4 is 15.4 Å². The molecule has 1 heterocycles. The highest BCUT2D eigenvalue weighted by molar-refractivity contribution is 7.14. The largest absolute Gasteiger partial charge is 0.495 e. The number of methoxy groups -OCH3 is 1. The van der Waals surface area contributed by atoms with Crippen LogP contribution in [0, 0.1) is 0 Å². The molecule has 6 heteroatoms. The van der Waals surface area contributed by atoms with E-state index in [2.05, 4.69) is 17.6 Å². The maximum absolute atomic E-state index is 12.3. The van der Waals surface area contributed by atoms with Gasteiger partial charge in [-0.25, -0.2) is 4.98 Å². The monoisotopic (exact) mass is 507 g/mol. The molecule has 0 aliphatic rings. The minimum Gasteiger partial charge on any atom is -0.495 e. The van der Waals surface area contributed by atoms with E-state index in [0.29, 0.717) is 6.42 Å². The molecule has 0 fully saturated rings. The van der Waals surface area contributed by atoms with Gasteiger partial charge in [0.05, 0.1) is 18.5 Å². The zero-order chi connectivity index (χ0) is 25.4. The molecule has 5 nitrogen and oxygen atoms in total. The van der Waals surface area contributed by atoms with E-state index >= 15 is 0 Å². The quantitative estimate of drug-likeness (QED) is 0.179. The molecule has 0 aliphatic heterocycles. The molecule has 1 amide bonds. The van der Waals surface area contributed by atoms with Crippen molar-refractivity contribution in [1.29, 1.82) is 0 Å². The van der Waals surface area contributed by atoms with Gasteiger partial charge in [-0.1, -0.05) is 95.4 Å². The van der Waals surface area contributed by atoms with Gasteiger partial charge in [-0.15, -0.1) is 11.3 Å². The first kappa shape index (κ1) is 27.7. The minimum absolute atomic E-state index is 0.0932. The number of ether oxygens (including phenoxy) is 1. The van der Waals surface area contributed by atoms with Crippen molar-refractivity contribution in [2.45, 2.75) is 84.0 Å². The Morgan fingerprint density at radius 1 is 0.861 bits per heavy atom. The number of aromatic nitrogens is 1. The number of benzene rings is 2. The third-order valence-electron chi connectivity index (χ3n) is 6.32. The summed E-state index contributed by atoms with van der Waals surface area (Å²) >= 11 is 1.55. The fourth-order valence-electron chi connectivity index (χ4n) is 4.22. The third kappa shape index (κ3) is 9.65. The van der Waals surface area contributed by atoms with Crippen molar-refractivity contribution in [2.24, 2.45) is 0 Å². The van der Waals surface area contributed by atoms with Crippen LogP contribution in [0.15, 0.2) is 53.9 Å². The number of para-hydroxylation sites is 2. The number of nitrogens with one attached hydrogen (secondary N) is 2. The van der Waals surface area contributed by atoms with Crippen LogP contribution in [0.25, 0.3) is 11.3 Å². The SMILES string of the molecule is CCCCCCCCCCCCCC(=O)Nc1ccc(-c2csc(Nc3ccccc3OC)n2)cc1. The van der Waals surface area contributed by atoms with Crippen LogP contribution in [0.4, 0.5) is 16.5 Å². The molecule has 0 spiro atoms. The Balaban J connectivity index is 1.34. The number of amides is 1. The number of rotatable bonds is 17. The van der Waals surface area contributed by atoms with Gasteiger partial charge < -0.3 is 15.4 Å². The van der Waals surface area contributed by atoms with E-state index < -0.39 is 0 Å². The average Bonchev–Trinajstić information content (AvgIpc) is 3.36. The molecule has 36 heavy (non-hydrogen) atoms. The fourth-order valence-corrected chi connectivity index (χ4v) is 4.96. The Morgan fingerprint density at radius 3 is 2.17 bits per heavy atom. The second kappa shape index (κ2) is 16.0. The highest BCUT2D eigenvalue weighted by Crippen LogP contribution is 2.31. The van der Waals surface area contributed by atoms with Crippen LogP contribution in [0.5, 0.6) is 5.75 Å². The molecule has 0 aliphatic carbocycles. The molecule has 0 saturated carbocycles. The van der Waals surface area contributed by atoms with Gasteiger partial charge in [0.2, 0.25) is 5.91 Å². The first-order valence-electron chi connectivity index (χ1n) is 13.5. The number of unbranched alkanes of at least 4 members (excludes halogenated alkanes) is 10. The molecular weight excluding hydrogens is 466 g/mol. The molecule has 3 rings (SSSR count). The maximum atomic E-state index is 12.3. The summed E-state index contributed by atoms with van der Waals surface area (Å²) in [6.45, 7) is 2.26. The van der Waals surface area contributed by atoms with Crippen LogP contribution in [0.1, 0.15) is 84.0 Å². The third-order valence-corrected chi connectivity index (χ3v) is 7.08. The van der Waals surface area contributed by atoms with Gasteiger partial charge in [0.25, 0.3) is 0 Å². The van der Waals surface area contributed by atoms with Crippen LogP contribution in [0.3, 0.4) is 0 Å². The van der Waals surface area contributed by atoms with E-state index in [1.54, 1.807) is 18.4 Å². The van der Waals surface area contributed by atoms with E-state index in [9.17, 15) is 4.79 Å². The molecule has 0 radical (unpaired) electrons. The van der Waals surface area contributed by atoms with E-state index in [0.717, 1.165) is 46.4 Å². The Morgan fingerprint density at radius 2 is 1.50 bits per heavy atom. The standard InChI is InChI=1S/C30H41N3O2S/c1-3-4-5-6-7-8-9-10-11-12-13-18-29(34)31-25-21-19-24(20-22-25)27-23-36-30(33-27)32-26-16-14-15-17-28(26)35-2/h14-17,19-23H,3-13,18H2,1-2H3,(H,31,34)(H,32,33). The first-order valence-corrected chi connectivity index (χ1v) is 14.3. The van der Waals surface area contributed by atoms with Crippen molar-refractivity contribution >= 4 is 33.8 Å². The topological polar surface area (TPSA) is 63.2 Å². The molecule has 0 saturated heterocycles. The average molecular weight is 508 g/mol. The number of thiazole rings is 1. The Hall–Kier alpha value is -2.86. The molecule has 1 aromatic heterocycles. The molecule has 0 bridgehead atoms. The smallest absolute Gasteiger partial charge is 0.224 e. The van der Waals surface area contributed by atoms with Crippen molar-refractivity contribution in [3.8, 4) is 17.0 Å². The number of carbonyl (C=O) groups is 1. The summed E-state index contributed by atoms with van der Waals surface area (Å²) in [6.07, 6.45) is 14.8. The van der Waals surface area contributed by atoms with Gasteiger partial charge in [-0.05, 0) is 30.7 Å². The van der Waals surface area contributed by atoms with Crippen molar-refractivity contribution in [3.05, 3.63) is 53.9 Å². The van der Waals surface area contributed by atoms with Gasteiger partial charge >= 0.3 is 0 Å². The van der Waals surface area contributed by atoms with E-state index in [1.807, 2.05) is 53.9 Å². The summed E-state index contributed by atoms with van der Waals surface area (Å²) in [5.74, 6) is 0.873. The molecule has 3 aromatic rings. The lowest BCUT2D eigenvalue weighted by Crippen LogP contribution is -2.10. The zero-order valence-corrected chi connectivity index (χ0v) is 22.7. The summed E-state index contributed by atoms with van der Waals surface area (Å²) in [5, 5.41) is 9.18. The van der Waals surface area contributed by atoms with Crippen LogP contribution in [-0.4, -0.2) is 18.0 Å². The van der Waals surface area contributed by atoms with E-state index in [4.69, 9.17) is 9.72 Å². The summed E-state index contributed by atoms with van der Waals surface area (Å²) < 4.78 is 5.40. The van der Waals surface area contributed by atoms with Gasteiger partial charge in [-0.3, -0.25) is 4.79 Å². The van der Waals surface area contributed by atoms with Crippen molar-refractivity contribution in [1.82, 2.24) is 4.98 Å². The first-order chi connectivity index (χ1) is 17.7. The molecule has 0 atom stereocenters. The van der Waals surface area contributed by atoms with Crippen molar-refractivity contribution < 1.29 is 9.53 Å². The zero-order valence-electron chi connectivity index (χ0n) is 21.9. The molecular formula is C30H41N3O2S. The van der Waals surface area contributed by atoms with Crippen LogP contribution in [-0.2, 0) is 4.79 Å². The predicted octanol–water partition coefficient (Wildman–Crippen LogP) is 9.20. The number of nitrogens with zero attached hydrogens (tertiary/aromatic N) is 1. The highest BCUT2D eigenvalue weighted by Gasteiger charge is 2.08. The number of hydrogen-bond donors (Lipinski definition) is 2. The summed E-state index contributed by atoms with van der Waals surface area (Å²) in [5.41, 5.74) is 3.63. The molecule has 0 unspecified atom stereocenters. The van der Waals surface area contributed by atoms with Crippen LogP contribution >= 0.6 is 11.3 Å². The second-order valence-corrected chi connectivity index (χ2v) is 10.1. The van der Waals surface area contributed by atoms with Crippen molar-refractivity contribution in [3.63, 3.8) is 0 Å². The van der Waals surface area contributed by atoms with Gasteiger partial charge in [0.15, 0.2) is 5.13 Å². The lowest BCUT2D eigenvalue weighted by atomic mass is 10.1. The lowest BCUT2D eigenvalue weighted by molar-refractivity contribution is -0.116. The molecule has 2 N–H and O–H groups in total. The second-order valence-electron chi connectivity index (χ2n) is 9.27. The van der Waals surface area contributed by atoms with Gasteiger partial charge in [-0.2, -0.15) is 0 Å². The Kier molecular flexibility index (Phi) is 12.3. The molecule has 2 aromatic carbocycles. The fraction of sp³-hybridized carbons (Fsp3) is 0.467. The normalized spacial score (nSPS) is 10.8. The molecule has 194 valence electrons. The maximum Gasteiger partial charge on any atom is 0.224 e. The highest BCUT2D eigenvalue weighted by atomic mass is 32.1. The number of hydrogen-bond acceptors (Lipinski definition) is 5.